The van der Waals surface area contributed by atoms with E-state index in [4.69, 9.17) is 4.74 Å². The fourth-order valence-electron chi connectivity index (χ4n) is 1.75. The van der Waals surface area contributed by atoms with E-state index in [1.807, 2.05) is 66.7 Å². The Hall–Kier alpha value is -2.61. The van der Waals surface area contributed by atoms with Crippen LogP contribution in [0.4, 0.5) is 0 Å². The van der Waals surface area contributed by atoms with Gasteiger partial charge in [0, 0.05) is 0 Å². The van der Waals surface area contributed by atoms with E-state index >= 15 is 0 Å². The Bertz CT molecular complexity index is 598. The maximum atomic E-state index is 10.3. The smallest absolute Gasteiger partial charge is 0.142 e. The number of hydrogen-bond donors (Lipinski definition) is 0. The number of carbonyl (C=O) groups is 1. The molecule has 2 rings (SSSR count). The topological polar surface area (TPSA) is 26.3 Å². The molecule has 0 aromatic heterocycles. The summed E-state index contributed by atoms with van der Waals surface area (Å²) in [5, 5.41) is 0. The summed E-state index contributed by atoms with van der Waals surface area (Å²) in [6, 6.07) is 17.7. The van der Waals surface area contributed by atoms with Crippen LogP contribution >= 0.6 is 0 Å². The summed E-state index contributed by atoms with van der Waals surface area (Å²) in [4.78, 5) is 10.3. The van der Waals surface area contributed by atoms with E-state index in [2.05, 4.69) is 0 Å². The van der Waals surface area contributed by atoms with Crippen molar-refractivity contribution in [1.29, 1.82) is 0 Å². The molecular formula is C18H16O2. The number of benzene rings is 2. The summed E-state index contributed by atoms with van der Waals surface area (Å²) in [5.41, 5.74) is 2.10. The van der Waals surface area contributed by atoms with Crippen LogP contribution in [0.2, 0.25) is 0 Å². The Balaban J connectivity index is 1.89. The number of rotatable bonds is 6. The van der Waals surface area contributed by atoms with E-state index in [1.165, 1.54) is 6.08 Å². The van der Waals surface area contributed by atoms with Gasteiger partial charge in [-0.25, -0.2) is 0 Å². The largest absolute Gasteiger partial charge is 0.490 e. The van der Waals surface area contributed by atoms with Gasteiger partial charge in [0.15, 0.2) is 0 Å². The molecule has 100 valence electrons. The van der Waals surface area contributed by atoms with Gasteiger partial charge in [-0.15, -0.1) is 0 Å². The van der Waals surface area contributed by atoms with Gasteiger partial charge in [-0.2, -0.15) is 0 Å². The predicted molar refractivity (Wildman–Crippen MR) is 82.5 cm³/mol. The molecule has 0 spiro atoms. The van der Waals surface area contributed by atoms with Crippen molar-refractivity contribution in [1.82, 2.24) is 0 Å². The standard InChI is InChI=1S/C18H16O2/c19-13-5-10-17-9-4-12-18(15-17)20-14-6-11-16-7-2-1-3-8-16/h1-13,15H,14H2/b10-5+,11-6+. The first-order chi connectivity index (χ1) is 9.88. The van der Waals surface area contributed by atoms with E-state index in [0.717, 1.165) is 23.2 Å². The molecule has 0 N–H and O–H groups in total. The molecule has 0 atom stereocenters. The summed E-state index contributed by atoms with van der Waals surface area (Å²) in [5.74, 6) is 0.788. The minimum atomic E-state index is 0.510. The van der Waals surface area contributed by atoms with Crippen molar-refractivity contribution in [3.63, 3.8) is 0 Å². The molecule has 0 unspecified atom stereocenters. The third-order valence-electron chi connectivity index (χ3n) is 2.68. The second-order valence-electron chi connectivity index (χ2n) is 4.19. The Labute approximate surface area is 119 Å². The fraction of sp³-hybridized carbons (Fsp3) is 0.0556. The van der Waals surface area contributed by atoms with Crippen LogP contribution in [0, 0.1) is 0 Å². The number of hydrogen-bond acceptors (Lipinski definition) is 2. The van der Waals surface area contributed by atoms with Crippen LogP contribution in [0.5, 0.6) is 5.75 Å². The lowest BCUT2D eigenvalue weighted by Crippen LogP contribution is -1.93. The molecule has 0 fully saturated rings. The first kappa shape index (κ1) is 13.8. The Morgan fingerprint density at radius 2 is 1.70 bits per heavy atom. The van der Waals surface area contributed by atoms with Gasteiger partial charge >= 0.3 is 0 Å². The first-order valence-corrected chi connectivity index (χ1v) is 6.45. The van der Waals surface area contributed by atoms with Crippen LogP contribution in [0.15, 0.2) is 66.7 Å². The van der Waals surface area contributed by atoms with Crippen LogP contribution in [0.1, 0.15) is 11.1 Å². The maximum absolute atomic E-state index is 10.3. The molecule has 0 radical (unpaired) electrons. The molecule has 0 saturated carbocycles. The predicted octanol–water partition coefficient (Wildman–Crippen LogP) is 3.99. The highest BCUT2D eigenvalue weighted by Crippen LogP contribution is 2.14. The average molecular weight is 264 g/mol. The van der Waals surface area contributed by atoms with E-state index in [1.54, 1.807) is 6.08 Å². The second kappa shape index (κ2) is 7.74. The van der Waals surface area contributed by atoms with Crippen molar-refractivity contribution in [2.45, 2.75) is 0 Å². The molecule has 2 nitrogen and oxygen atoms in total. The van der Waals surface area contributed by atoms with Crippen molar-refractivity contribution in [3.8, 4) is 5.75 Å². The lowest BCUT2D eigenvalue weighted by molar-refractivity contribution is -0.104. The Morgan fingerprint density at radius 3 is 2.50 bits per heavy atom. The molecule has 0 saturated heterocycles. The van der Waals surface area contributed by atoms with Crippen molar-refractivity contribution in [3.05, 3.63) is 77.9 Å². The van der Waals surface area contributed by atoms with Crippen molar-refractivity contribution < 1.29 is 9.53 Å². The lowest BCUT2D eigenvalue weighted by Gasteiger charge is -2.03. The zero-order valence-electron chi connectivity index (χ0n) is 11.1. The molecule has 0 aliphatic carbocycles. The molecule has 0 aliphatic heterocycles. The fourth-order valence-corrected chi connectivity index (χ4v) is 1.75. The highest BCUT2D eigenvalue weighted by Gasteiger charge is 1.93. The summed E-state index contributed by atoms with van der Waals surface area (Å²) in [7, 11) is 0. The van der Waals surface area contributed by atoms with Gasteiger partial charge in [0.25, 0.3) is 0 Å². The van der Waals surface area contributed by atoms with Gasteiger partial charge in [0.1, 0.15) is 18.6 Å². The zero-order valence-corrected chi connectivity index (χ0v) is 11.1. The summed E-state index contributed by atoms with van der Waals surface area (Å²) in [6.07, 6.45) is 7.98. The zero-order chi connectivity index (χ0) is 14.0. The SMILES string of the molecule is O=C/C=C/c1cccc(OC/C=C/c2ccccc2)c1. The van der Waals surface area contributed by atoms with Crippen molar-refractivity contribution in [2.24, 2.45) is 0 Å². The van der Waals surface area contributed by atoms with E-state index in [-0.39, 0.29) is 0 Å². The molecular weight excluding hydrogens is 248 g/mol. The van der Waals surface area contributed by atoms with Gasteiger partial charge in [0.05, 0.1) is 0 Å². The normalized spacial score (nSPS) is 11.0. The Kier molecular flexibility index (Phi) is 5.35. The summed E-state index contributed by atoms with van der Waals surface area (Å²) < 4.78 is 5.64. The molecule has 2 heteroatoms. The number of ether oxygens (including phenoxy) is 1. The molecule has 0 bridgehead atoms. The molecule has 0 aliphatic rings. The number of allylic oxidation sites excluding steroid dienone is 1. The summed E-state index contributed by atoms with van der Waals surface area (Å²) >= 11 is 0. The van der Waals surface area contributed by atoms with Crippen LogP contribution in [-0.2, 0) is 4.79 Å². The molecule has 0 heterocycles. The van der Waals surface area contributed by atoms with Gasteiger partial charge in [-0.1, -0.05) is 54.6 Å². The summed E-state index contributed by atoms with van der Waals surface area (Å²) in [6.45, 7) is 0.510. The molecule has 20 heavy (non-hydrogen) atoms. The van der Waals surface area contributed by atoms with E-state index < -0.39 is 0 Å². The third-order valence-corrected chi connectivity index (χ3v) is 2.68. The minimum Gasteiger partial charge on any atom is -0.490 e. The van der Waals surface area contributed by atoms with Crippen LogP contribution in [-0.4, -0.2) is 12.9 Å². The van der Waals surface area contributed by atoms with Crippen LogP contribution in [0.25, 0.3) is 12.2 Å². The van der Waals surface area contributed by atoms with Crippen molar-refractivity contribution in [2.75, 3.05) is 6.61 Å². The average Bonchev–Trinajstić information content (AvgIpc) is 2.51. The molecule has 2 aromatic carbocycles. The van der Waals surface area contributed by atoms with E-state index in [9.17, 15) is 4.79 Å². The lowest BCUT2D eigenvalue weighted by atomic mass is 10.2. The van der Waals surface area contributed by atoms with Gasteiger partial charge in [-0.3, -0.25) is 4.79 Å². The van der Waals surface area contributed by atoms with Crippen LogP contribution in [0.3, 0.4) is 0 Å². The van der Waals surface area contributed by atoms with Crippen molar-refractivity contribution >= 4 is 18.4 Å². The van der Waals surface area contributed by atoms with Crippen LogP contribution < -0.4 is 4.74 Å². The highest BCUT2D eigenvalue weighted by atomic mass is 16.5. The highest BCUT2D eigenvalue weighted by molar-refractivity contribution is 5.74. The third kappa shape index (κ3) is 4.58. The number of aldehydes is 1. The monoisotopic (exact) mass is 264 g/mol. The van der Waals surface area contributed by atoms with Gasteiger partial charge in [0.2, 0.25) is 0 Å². The van der Waals surface area contributed by atoms with E-state index in [0.29, 0.717) is 6.61 Å². The first-order valence-electron chi connectivity index (χ1n) is 6.45. The Morgan fingerprint density at radius 1 is 0.900 bits per heavy atom. The molecule has 2 aromatic rings. The number of carbonyl (C=O) groups excluding carboxylic acids is 1. The minimum absolute atomic E-state index is 0.510. The quantitative estimate of drug-likeness (QED) is 0.582. The molecule has 0 amide bonds. The maximum Gasteiger partial charge on any atom is 0.142 e. The second-order valence-corrected chi connectivity index (χ2v) is 4.19. The van der Waals surface area contributed by atoms with Gasteiger partial charge in [-0.05, 0) is 35.4 Å². The van der Waals surface area contributed by atoms with Gasteiger partial charge < -0.3 is 4.74 Å².